The summed E-state index contributed by atoms with van der Waals surface area (Å²) in [5, 5.41) is 5.64. The highest BCUT2D eigenvalue weighted by Crippen LogP contribution is 2.25. The Kier molecular flexibility index (Phi) is 5.80. The predicted octanol–water partition coefficient (Wildman–Crippen LogP) is 3.02. The fourth-order valence-corrected chi connectivity index (χ4v) is 3.01. The summed E-state index contributed by atoms with van der Waals surface area (Å²) in [5.41, 5.74) is 1.38. The maximum absolute atomic E-state index is 12.3. The number of methoxy groups -OCH3 is 1. The average Bonchev–Trinajstić information content (AvgIpc) is 3.03. The third kappa shape index (κ3) is 4.49. The summed E-state index contributed by atoms with van der Waals surface area (Å²) in [4.78, 5) is 26.3. The molecule has 0 bridgehead atoms. The maximum atomic E-state index is 12.3. The minimum atomic E-state index is -0.364. The van der Waals surface area contributed by atoms with Crippen LogP contribution in [0.3, 0.4) is 0 Å². The van der Waals surface area contributed by atoms with E-state index in [1.807, 2.05) is 31.2 Å². The third-order valence-corrected chi connectivity index (χ3v) is 4.28. The Hall–Kier alpha value is -3.22. The first-order valence-electron chi connectivity index (χ1n) is 8.84. The summed E-state index contributed by atoms with van der Waals surface area (Å²) in [6.07, 6.45) is 0.257. The number of carbonyl (C=O) groups excluding carboxylic acids is 2. The van der Waals surface area contributed by atoms with Crippen LogP contribution in [0.1, 0.15) is 13.3 Å². The van der Waals surface area contributed by atoms with Crippen LogP contribution < -0.4 is 25.0 Å². The van der Waals surface area contributed by atoms with Crippen LogP contribution in [-0.2, 0) is 4.79 Å². The summed E-state index contributed by atoms with van der Waals surface area (Å²) in [6.45, 7) is 2.81. The van der Waals surface area contributed by atoms with Gasteiger partial charge in [0.1, 0.15) is 11.5 Å². The van der Waals surface area contributed by atoms with Gasteiger partial charge in [0.05, 0.1) is 25.4 Å². The lowest BCUT2D eigenvalue weighted by atomic mass is 10.2. The summed E-state index contributed by atoms with van der Waals surface area (Å²) >= 11 is 0. The number of amides is 3. The van der Waals surface area contributed by atoms with Crippen LogP contribution in [0.5, 0.6) is 11.5 Å². The molecule has 142 valence electrons. The van der Waals surface area contributed by atoms with Gasteiger partial charge >= 0.3 is 6.03 Å². The molecule has 0 radical (unpaired) electrons. The molecule has 3 rings (SSSR count). The Bertz CT molecular complexity index is 807. The van der Waals surface area contributed by atoms with E-state index in [2.05, 4.69) is 10.6 Å². The van der Waals surface area contributed by atoms with Crippen molar-refractivity contribution >= 4 is 23.3 Å². The molecule has 0 spiro atoms. The van der Waals surface area contributed by atoms with E-state index in [9.17, 15) is 9.59 Å². The molecule has 3 amide bonds. The molecule has 2 aromatic rings. The lowest BCUT2D eigenvalue weighted by Crippen LogP contribution is -2.39. The van der Waals surface area contributed by atoms with Gasteiger partial charge in [-0.3, -0.25) is 4.79 Å². The molecule has 0 unspecified atom stereocenters. The largest absolute Gasteiger partial charge is 0.497 e. The number of anilines is 2. The first-order chi connectivity index (χ1) is 13.1. The maximum Gasteiger partial charge on any atom is 0.319 e. The molecule has 0 aliphatic carbocycles. The van der Waals surface area contributed by atoms with E-state index in [0.29, 0.717) is 24.6 Å². The number of hydrogen-bond donors (Lipinski definition) is 2. The number of para-hydroxylation sites is 2. The Morgan fingerprint density at radius 3 is 2.63 bits per heavy atom. The second kappa shape index (κ2) is 8.44. The molecular weight excluding hydrogens is 346 g/mol. The number of carbonyl (C=O) groups is 2. The zero-order valence-corrected chi connectivity index (χ0v) is 15.4. The molecule has 2 N–H and O–H groups in total. The van der Waals surface area contributed by atoms with Crippen molar-refractivity contribution in [1.82, 2.24) is 5.32 Å². The normalized spacial score (nSPS) is 16.1. The van der Waals surface area contributed by atoms with Gasteiger partial charge in [-0.15, -0.1) is 0 Å². The number of nitrogens with zero attached hydrogens (tertiary/aromatic N) is 1. The first-order valence-corrected chi connectivity index (χ1v) is 8.84. The van der Waals surface area contributed by atoms with Gasteiger partial charge in [0.2, 0.25) is 5.91 Å². The standard InChI is InChI=1S/C20H23N3O4/c1-3-27-18-7-5-4-6-17(18)22-20(25)21-14-12-19(24)23(13-14)15-8-10-16(26-2)11-9-15/h4-11,14H,3,12-13H2,1-2H3,(H2,21,22,25)/t14-/m1/s1. The molecule has 7 heteroatoms. The molecule has 0 aromatic heterocycles. The van der Waals surface area contributed by atoms with Crippen LogP contribution in [0.15, 0.2) is 48.5 Å². The van der Waals surface area contributed by atoms with E-state index >= 15 is 0 Å². The van der Waals surface area contributed by atoms with E-state index in [1.54, 1.807) is 36.3 Å². The Morgan fingerprint density at radius 1 is 1.19 bits per heavy atom. The molecule has 2 aromatic carbocycles. The summed E-state index contributed by atoms with van der Waals surface area (Å²) in [7, 11) is 1.60. The van der Waals surface area contributed by atoms with Gasteiger partial charge in [-0.25, -0.2) is 4.79 Å². The SMILES string of the molecule is CCOc1ccccc1NC(=O)N[C@@H]1CC(=O)N(c2ccc(OC)cc2)C1. The molecule has 1 aliphatic heterocycles. The summed E-state index contributed by atoms with van der Waals surface area (Å²) in [6, 6.07) is 13.9. The van der Waals surface area contributed by atoms with Crippen molar-refractivity contribution in [3.05, 3.63) is 48.5 Å². The minimum absolute atomic E-state index is 0.0276. The molecular formula is C20H23N3O4. The molecule has 1 fully saturated rings. The topological polar surface area (TPSA) is 79.9 Å². The number of nitrogens with one attached hydrogen (secondary N) is 2. The smallest absolute Gasteiger partial charge is 0.319 e. The highest BCUT2D eigenvalue weighted by Gasteiger charge is 2.31. The second-order valence-corrected chi connectivity index (χ2v) is 6.13. The molecule has 1 aliphatic rings. The van der Waals surface area contributed by atoms with E-state index in [0.717, 1.165) is 11.4 Å². The lowest BCUT2D eigenvalue weighted by molar-refractivity contribution is -0.117. The van der Waals surface area contributed by atoms with Gasteiger partial charge < -0.3 is 25.0 Å². The second-order valence-electron chi connectivity index (χ2n) is 6.13. The van der Waals surface area contributed by atoms with Crippen LogP contribution in [0.2, 0.25) is 0 Å². The van der Waals surface area contributed by atoms with Crippen LogP contribution in [0.25, 0.3) is 0 Å². The molecule has 1 heterocycles. The number of urea groups is 1. The highest BCUT2D eigenvalue weighted by atomic mass is 16.5. The zero-order valence-electron chi connectivity index (χ0n) is 15.4. The molecule has 1 atom stereocenters. The number of rotatable bonds is 6. The lowest BCUT2D eigenvalue weighted by Gasteiger charge is -2.18. The predicted molar refractivity (Wildman–Crippen MR) is 104 cm³/mol. The van der Waals surface area contributed by atoms with E-state index in [1.165, 1.54) is 0 Å². The van der Waals surface area contributed by atoms with Gasteiger partial charge in [-0.1, -0.05) is 12.1 Å². The molecule has 1 saturated heterocycles. The Balaban J connectivity index is 1.60. The molecule has 27 heavy (non-hydrogen) atoms. The van der Waals surface area contributed by atoms with Crippen molar-refractivity contribution in [3.8, 4) is 11.5 Å². The Labute approximate surface area is 158 Å². The fraction of sp³-hybridized carbons (Fsp3) is 0.300. The van der Waals surface area contributed by atoms with Gasteiger partial charge in [-0.05, 0) is 43.3 Å². The van der Waals surface area contributed by atoms with Crippen molar-refractivity contribution in [2.45, 2.75) is 19.4 Å². The van der Waals surface area contributed by atoms with Crippen molar-refractivity contribution in [1.29, 1.82) is 0 Å². The number of benzene rings is 2. The summed E-state index contributed by atoms with van der Waals surface area (Å²) < 4.78 is 10.6. The zero-order chi connectivity index (χ0) is 19.2. The minimum Gasteiger partial charge on any atom is -0.497 e. The van der Waals surface area contributed by atoms with E-state index < -0.39 is 0 Å². The van der Waals surface area contributed by atoms with Crippen molar-refractivity contribution in [2.75, 3.05) is 30.5 Å². The highest BCUT2D eigenvalue weighted by molar-refractivity contribution is 5.98. The van der Waals surface area contributed by atoms with Crippen molar-refractivity contribution in [2.24, 2.45) is 0 Å². The van der Waals surface area contributed by atoms with Crippen molar-refractivity contribution < 1.29 is 19.1 Å². The Morgan fingerprint density at radius 2 is 1.93 bits per heavy atom. The van der Waals surface area contributed by atoms with Gasteiger partial charge in [0, 0.05) is 18.7 Å². The van der Waals surface area contributed by atoms with Gasteiger partial charge in [0.15, 0.2) is 0 Å². The van der Waals surface area contributed by atoms with Crippen LogP contribution in [-0.4, -0.2) is 38.2 Å². The van der Waals surface area contributed by atoms with E-state index in [4.69, 9.17) is 9.47 Å². The van der Waals surface area contributed by atoms with E-state index in [-0.39, 0.29) is 24.4 Å². The van der Waals surface area contributed by atoms with Crippen LogP contribution in [0, 0.1) is 0 Å². The van der Waals surface area contributed by atoms with Crippen LogP contribution >= 0.6 is 0 Å². The first kappa shape index (κ1) is 18.6. The summed E-state index contributed by atoms with van der Waals surface area (Å²) in [5.74, 6) is 1.31. The number of ether oxygens (including phenoxy) is 2. The van der Waals surface area contributed by atoms with Crippen LogP contribution in [0.4, 0.5) is 16.2 Å². The van der Waals surface area contributed by atoms with Gasteiger partial charge in [0.25, 0.3) is 0 Å². The average molecular weight is 369 g/mol. The van der Waals surface area contributed by atoms with Crippen molar-refractivity contribution in [3.63, 3.8) is 0 Å². The quantitative estimate of drug-likeness (QED) is 0.820. The van der Waals surface area contributed by atoms with Gasteiger partial charge in [-0.2, -0.15) is 0 Å². The molecule has 7 nitrogen and oxygen atoms in total. The fourth-order valence-electron chi connectivity index (χ4n) is 3.01. The molecule has 0 saturated carbocycles. The number of hydrogen-bond acceptors (Lipinski definition) is 4. The third-order valence-electron chi connectivity index (χ3n) is 4.28. The monoisotopic (exact) mass is 369 g/mol.